The molecule has 0 aliphatic carbocycles. The van der Waals surface area contributed by atoms with Crippen molar-refractivity contribution < 1.29 is 4.42 Å². The molecule has 0 fully saturated rings. The second-order valence-corrected chi connectivity index (χ2v) is 4.34. The lowest BCUT2D eigenvalue weighted by atomic mass is 10.1. The second-order valence-electron chi connectivity index (χ2n) is 3.97. The molecule has 3 N–H and O–H groups in total. The molecule has 0 saturated carbocycles. The zero-order chi connectivity index (χ0) is 12.7. The Morgan fingerprint density at radius 3 is 2.94 bits per heavy atom. The molecule has 0 aliphatic rings. The van der Waals surface area contributed by atoms with E-state index in [2.05, 4.69) is 15.0 Å². The molecule has 92 valence electrons. The number of aromatic nitrogens is 3. The van der Waals surface area contributed by atoms with Crippen LogP contribution in [0.3, 0.4) is 0 Å². The number of hydrogen-bond acceptors (Lipinski definition) is 4. The number of halogens is 1. The molecule has 0 radical (unpaired) electrons. The van der Waals surface area contributed by atoms with E-state index in [1.165, 1.54) is 0 Å². The molecule has 6 heteroatoms. The maximum atomic E-state index is 6.10. The molecule has 18 heavy (non-hydrogen) atoms. The van der Waals surface area contributed by atoms with E-state index >= 15 is 0 Å². The Morgan fingerprint density at radius 1 is 1.39 bits per heavy atom. The third-order valence-electron chi connectivity index (χ3n) is 2.67. The summed E-state index contributed by atoms with van der Waals surface area (Å²) in [5, 5.41) is 0.481. The number of oxazole rings is 1. The lowest BCUT2D eigenvalue weighted by molar-refractivity contribution is 0.561. The van der Waals surface area contributed by atoms with Crippen LogP contribution in [0, 0.1) is 6.92 Å². The van der Waals surface area contributed by atoms with E-state index in [9.17, 15) is 0 Å². The number of fused-ring (bicyclic) bond motifs is 1. The molecule has 0 saturated heterocycles. The van der Waals surface area contributed by atoms with Gasteiger partial charge >= 0.3 is 0 Å². The topological polar surface area (TPSA) is 80.7 Å². The van der Waals surface area contributed by atoms with Crippen molar-refractivity contribution in [1.82, 2.24) is 15.0 Å². The molecular formula is C12H11ClN4O. The normalized spacial score (nSPS) is 11.3. The van der Waals surface area contributed by atoms with E-state index < -0.39 is 0 Å². The summed E-state index contributed by atoms with van der Waals surface area (Å²) in [6.45, 7) is 2.14. The van der Waals surface area contributed by atoms with Crippen LogP contribution < -0.4 is 5.73 Å². The number of imidazole rings is 1. The number of nitrogens with two attached hydrogens (primary N) is 1. The van der Waals surface area contributed by atoms with Gasteiger partial charge in [0.15, 0.2) is 11.5 Å². The summed E-state index contributed by atoms with van der Waals surface area (Å²) < 4.78 is 5.42. The molecule has 3 aromatic rings. The summed E-state index contributed by atoms with van der Waals surface area (Å²) in [6.07, 6.45) is 0. The van der Waals surface area contributed by atoms with Gasteiger partial charge < -0.3 is 15.1 Å². The molecule has 0 spiro atoms. The molecule has 0 aliphatic heterocycles. The average Bonchev–Trinajstić information content (AvgIpc) is 2.89. The van der Waals surface area contributed by atoms with Gasteiger partial charge in [-0.15, -0.1) is 0 Å². The van der Waals surface area contributed by atoms with Crippen LogP contribution in [0.1, 0.15) is 11.7 Å². The number of benzene rings is 1. The second kappa shape index (κ2) is 4.12. The molecule has 3 rings (SSSR count). The van der Waals surface area contributed by atoms with E-state index in [-0.39, 0.29) is 0 Å². The van der Waals surface area contributed by atoms with E-state index in [1.807, 2.05) is 25.1 Å². The van der Waals surface area contributed by atoms with Gasteiger partial charge in [-0.05, 0) is 18.2 Å². The van der Waals surface area contributed by atoms with Gasteiger partial charge in [0.25, 0.3) is 0 Å². The summed E-state index contributed by atoms with van der Waals surface area (Å²) in [6, 6.07) is 5.65. The van der Waals surface area contributed by atoms with Crippen LogP contribution in [0.25, 0.3) is 22.4 Å². The quantitative estimate of drug-likeness (QED) is 0.744. The van der Waals surface area contributed by atoms with E-state index in [4.69, 9.17) is 21.8 Å². The van der Waals surface area contributed by atoms with Gasteiger partial charge in [0.05, 0.1) is 6.54 Å². The van der Waals surface area contributed by atoms with Crippen LogP contribution in [-0.2, 0) is 6.54 Å². The molecule has 0 bridgehead atoms. The first kappa shape index (κ1) is 11.3. The Kier molecular flexibility index (Phi) is 2.57. The Balaban J connectivity index is 2.15. The van der Waals surface area contributed by atoms with Crippen LogP contribution >= 0.6 is 11.6 Å². The van der Waals surface area contributed by atoms with Crippen molar-refractivity contribution in [3.05, 3.63) is 35.1 Å². The average molecular weight is 263 g/mol. The van der Waals surface area contributed by atoms with Gasteiger partial charge in [-0.25, -0.2) is 9.97 Å². The minimum absolute atomic E-state index is 0.324. The van der Waals surface area contributed by atoms with Crippen LogP contribution in [0.4, 0.5) is 0 Å². The molecule has 0 atom stereocenters. The van der Waals surface area contributed by atoms with Gasteiger partial charge in [-0.1, -0.05) is 11.6 Å². The van der Waals surface area contributed by atoms with Crippen molar-refractivity contribution in [2.24, 2.45) is 5.73 Å². The van der Waals surface area contributed by atoms with Crippen LogP contribution in [0.5, 0.6) is 0 Å². The predicted octanol–water partition coefficient (Wildman–Crippen LogP) is 2.64. The zero-order valence-corrected chi connectivity index (χ0v) is 10.5. The highest BCUT2D eigenvalue weighted by atomic mass is 35.5. The Morgan fingerprint density at radius 2 is 2.22 bits per heavy atom. The lowest BCUT2D eigenvalue weighted by Crippen LogP contribution is -1.97. The fraction of sp³-hybridized carbons (Fsp3) is 0.167. The maximum absolute atomic E-state index is 6.10. The number of nitrogens with one attached hydrogen (secondary N) is 1. The number of H-pyrrole nitrogens is 1. The highest BCUT2D eigenvalue weighted by Crippen LogP contribution is 2.28. The van der Waals surface area contributed by atoms with Crippen molar-refractivity contribution >= 4 is 22.7 Å². The Bertz CT molecular complexity index is 716. The standard InChI is InChI=1S/C12H11ClN4O/c1-6-15-8-4-7(2-3-9(8)18-6)11-12(13)17-10(5-14)16-11/h2-4H,5,14H2,1H3,(H,16,17). The predicted molar refractivity (Wildman–Crippen MR) is 69.2 cm³/mol. The minimum Gasteiger partial charge on any atom is -0.441 e. The van der Waals surface area contributed by atoms with Gasteiger partial charge in [-0.3, -0.25) is 0 Å². The third kappa shape index (κ3) is 1.77. The van der Waals surface area contributed by atoms with Crippen LogP contribution in [0.15, 0.2) is 22.6 Å². The minimum atomic E-state index is 0.324. The summed E-state index contributed by atoms with van der Waals surface area (Å²) in [7, 11) is 0. The first-order valence-corrected chi connectivity index (χ1v) is 5.87. The summed E-state index contributed by atoms with van der Waals surface area (Å²) in [5.41, 5.74) is 8.63. The monoisotopic (exact) mass is 262 g/mol. The van der Waals surface area contributed by atoms with E-state index in [1.54, 1.807) is 0 Å². The van der Waals surface area contributed by atoms with Crippen LogP contribution in [0.2, 0.25) is 5.15 Å². The van der Waals surface area contributed by atoms with E-state index in [0.29, 0.717) is 29.1 Å². The van der Waals surface area contributed by atoms with Gasteiger partial charge in [-0.2, -0.15) is 0 Å². The molecule has 0 unspecified atom stereocenters. The Labute approximate surface area is 108 Å². The number of rotatable bonds is 2. The fourth-order valence-electron chi connectivity index (χ4n) is 1.88. The van der Waals surface area contributed by atoms with Crippen molar-refractivity contribution in [2.45, 2.75) is 13.5 Å². The van der Waals surface area contributed by atoms with Gasteiger partial charge in [0, 0.05) is 12.5 Å². The zero-order valence-electron chi connectivity index (χ0n) is 9.70. The molecule has 5 nitrogen and oxygen atoms in total. The Hall–Kier alpha value is -1.85. The molecule has 0 amide bonds. The number of hydrogen-bond donors (Lipinski definition) is 2. The van der Waals surface area contributed by atoms with Crippen molar-refractivity contribution in [2.75, 3.05) is 0 Å². The number of aryl methyl sites for hydroxylation is 1. The summed E-state index contributed by atoms with van der Waals surface area (Å²) in [4.78, 5) is 11.6. The third-order valence-corrected chi connectivity index (χ3v) is 2.94. The SMILES string of the molecule is Cc1nc2cc(-c3nc(CN)[nH]c3Cl)ccc2o1. The largest absolute Gasteiger partial charge is 0.441 e. The number of nitrogens with zero attached hydrogens (tertiary/aromatic N) is 2. The van der Waals surface area contributed by atoms with Gasteiger partial charge in [0.1, 0.15) is 22.2 Å². The van der Waals surface area contributed by atoms with Crippen molar-refractivity contribution in [3.63, 3.8) is 0 Å². The highest BCUT2D eigenvalue weighted by Gasteiger charge is 2.11. The van der Waals surface area contributed by atoms with Crippen LogP contribution in [-0.4, -0.2) is 15.0 Å². The smallest absolute Gasteiger partial charge is 0.192 e. The summed E-state index contributed by atoms with van der Waals surface area (Å²) >= 11 is 6.10. The molecule has 2 heterocycles. The van der Waals surface area contributed by atoms with Crippen molar-refractivity contribution in [3.8, 4) is 11.3 Å². The summed E-state index contributed by atoms with van der Waals surface area (Å²) in [5.74, 6) is 1.30. The van der Waals surface area contributed by atoms with Gasteiger partial charge in [0.2, 0.25) is 0 Å². The van der Waals surface area contributed by atoms with Crippen molar-refractivity contribution in [1.29, 1.82) is 0 Å². The maximum Gasteiger partial charge on any atom is 0.192 e. The molecule has 2 aromatic heterocycles. The first-order chi connectivity index (χ1) is 8.67. The first-order valence-electron chi connectivity index (χ1n) is 5.49. The molecular weight excluding hydrogens is 252 g/mol. The lowest BCUT2D eigenvalue weighted by Gasteiger charge is -1.96. The fourth-order valence-corrected chi connectivity index (χ4v) is 2.14. The number of aromatic amines is 1. The highest BCUT2D eigenvalue weighted by molar-refractivity contribution is 6.32. The van der Waals surface area contributed by atoms with E-state index in [0.717, 1.165) is 16.7 Å². The molecule has 1 aromatic carbocycles.